The Morgan fingerprint density at radius 1 is 0.703 bits per heavy atom. The third-order valence-corrected chi connectivity index (χ3v) is 6.81. The molecular weight excluding hydrogens is 469 g/mol. The predicted molar refractivity (Wildman–Crippen MR) is 143 cm³/mol. The number of rotatable bonds is 4. The van der Waals surface area contributed by atoms with E-state index in [1.165, 1.54) is 22.4 Å². The fourth-order valence-corrected chi connectivity index (χ4v) is 5.03. The fourth-order valence-electron chi connectivity index (χ4n) is 5.03. The number of aryl methyl sites for hydroxylation is 1. The molecule has 5 heteroatoms. The van der Waals surface area contributed by atoms with Crippen LogP contribution in [0.25, 0.3) is 44.1 Å². The Morgan fingerprint density at radius 2 is 1.35 bits per heavy atom. The van der Waals surface area contributed by atoms with Crippen molar-refractivity contribution in [2.24, 2.45) is 0 Å². The maximum absolute atomic E-state index is 13.8. The number of halogens is 3. The SMILES string of the molecule is Cc1cc2ccccc2cc1-c1ccc(-c2c3cccc(C(F)(F)F)c3nn2Cc2ccccc2)cc1. The zero-order valence-electron chi connectivity index (χ0n) is 20.1. The Hall–Kier alpha value is -4.38. The Bertz CT molecular complexity index is 1730. The van der Waals surface area contributed by atoms with Gasteiger partial charge in [0.15, 0.2) is 0 Å². The number of nitrogens with zero attached hydrogens (tertiary/aromatic N) is 2. The molecule has 37 heavy (non-hydrogen) atoms. The van der Waals surface area contributed by atoms with E-state index in [0.717, 1.165) is 28.3 Å². The van der Waals surface area contributed by atoms with Crippen molar-refractivity contribution in [3.63, 3.8) is 0 Å². The maximum Gasteiger partial charge on any atom is 0.418 e. The molecule has 6 aromatic rings. The van der Waals surface area contributed by atoms with Crippen LogP contribution in [0.5, 0.6) is 0 Å². The fraction of sp³-hybridized carbons (Fsp3) is 0.0938. The van der Waals surface area contributed by atoms with Crippen molar-refractivity contribution in [3.05, 3.63) is 126 Å². The molecule has 5 aromatic carbocycles. The molecule has 2 nitrogen and oxygen atoms in total. The Labute approximate surface area is 212 Å². The first kappa shape index (κ1) is 23.0. The minimum absolute atomic E-state index is 0.0321. The first-order valence-corrected chi connectivity index (χ1v) is 12.1. The van der Waals surface area contributed by atoms with E-state index >= 15 is 0 Å². The van der Waals surface area contributed by atoms with Crippen LogP contribution in [0.15, 0.2) is 109 Å². The monoisotopic (exact) mass is 492 g/mol. The van der Waals surface area contributed by atoms with Crippen LogP contribution in [-0.4, -0.2) is 9.78 Å². The summed E-state index contributed by atoms with van der Waals surface area (Å²) in [6.07, 6.45) is -4.49. The summed E-state index contributed by atoms with van der Waals surface area (Å²) >= 11 is 0. The van der Waals surface area contributed by atoms with Gasteiger partial charge in [0.2, 0.25) is 0 Å². The van der Waals surface area contributed by atoms with Crippen molar-refractivity contribution in [2.75, 3.05) is 0 Å². The average Bonchev–Trinajstić information content (AvgIpc) is 3.26. The smallest absolute Gasteiger partial charge is 0.259 e. The Balaban J connectivity index is 1.49. The van der Waals surface area contributed by atoms with E-state index in [1.807, 2.05) is 66.7 Å². The average molecular weight is 493 g/mol. The van der Waals surface area contributed by atoms with Crippen molar-refractivity contribution < 1.29 is 13.2 Å². The number of benzene rings is 5. The van der Waals surface area contributed by atoms with E-state index in [-0.39, 0.29) is 5.52 Å². The minimum atomic E-state index is -4.49. The molecule has 6 rings (SSSR count). The summed E-state index contributed by atoms with van der Waals surface area (Å²) in [5.74, 6) is 0. The molecule has 0 saturated heterocycles. The molecule has 0 amide bonds. The molecule has 0 aliphatic heterocycles. The molecule has 0 saturated carbocycles. The van der Waals surface area contributed by atoms with E-state index < -0.39 is 11.7 Å². The second kappa shape index (κ2) is 8.93. The third-order valence-electron chi connectivity index (χ3n) is 6.81. The van der Waals surface area contributed by atoms with Crippen LogP contribution < -0.4 is 0 Å². The van der Waals surface area contributed by atoms with Crippen LogP contribution in [-0.2, 0) is 12.7 Å². The summed E-state index contributed by atoms with van der Waals surface area (Å²) in [4.78, 5) is 0. The molecule has 1 heterocycles. The van der Waals surface area contributed by atoms with Crippen molar-refractivity contribution in [2.45, 2.75) is 19.6 Å². The Kier molecular flexibility index (Phi) is 5.56. The highest BCUT2D eigenvalue weighted by molar-refractivity contribution is 5.96. The molecule has 0 atom stereocenters. The lowest BCUT2D eigenvalue weighted by Crippen LogP contribution is -2.06. The van der Waals surface area contributed by atoms with Gasteiger partial charge in [0.1, 0.15) is 5.52 Å². The number of aromatic nitrogens is 2. The standard InChI is InChI=1S/C32H23F3N2/c1-21-18-25-10-5-6-11-26(25)19-28(21)23-14-16-24(17-15-23)31-27-12-7-13-29(32(33,34)35)30(27)36-37(31)20-22-8-3-2-4-9-22/h2-19H,20H2,1H3. The predicted octanol–water partition coefficient (Wildman–Crippen LogP) is 8.90. The van der Waals surface area contributed by atoms with Gasteiger partial charge in [0, 0.05) is 10.9 Å². The number of fused-ring (bicyclic) bond motifs is 2. The van der Waals surface area contributed by atoms with Gasteiger partial charge in [-0.1, -0.05) is 97.1 Å². The molecule has 0 radical (unpaired) electrons. The van der Waals surface area contributed by atoms with Gasteiger partial charge in [-0.3, -0.25) is 4.68 Å². The molecule has 0 fully saturated rings. The van der Waals surface area contributed by atoms with Gasteiger partial charge in [-0.25, -0.2) is 0 Å². The lowest BCUT2D eigenvalue weighted by molar-refractivity contribution is -0.136. The molecular formula is C32H23F3N2. The lowest BCUT2D eigenvalue weighted by Gasteiger charge is -2.12. The van der Waals surface area contributed by atoms with Crippen molar-refractivity contribution in [1.82, 2.24) is 9.78 Å². The number of alkyl halides is 3. The van der Waals surface area contributed by atoms with Gasteiger partial charge >= 0.3 is 6.18 Å². The summed E-state index contributed by atoms with van der Waals surface area (Å²) in [7, 11) is 0. The highest BCUT2D eigenvalue weighted by Crippen LogP contribution is 2.39. The van der Waals surface area contributed by atoms with Gasteiger partial charge in [-0.2, -0.15) is 18.3 Å². The van der Waals surface area contributed by atoms with Gasteiger partial charge in [-0.05, 0) is 52.1 Å². The van der Waals surface area contributed by atoms with Crippen molar-refractivity contribution in [1.29, 1.82) is 0 Å². The minimum Gasteiger partial charge on any atom is -0.259 e. The van der Waals surface area contributed by atoms with E-state index in [0.29, 0.717) is 17.6 Å². The second-order valence-corrected chi connectivity index (χ2v) is 9.28. The van der Waals surface area contributed by atoms with Crippen LogP contribution in [0.3, 0.4) is 0 Å². The van der Waals surface area contributed by atoms with E-state index in [4.69, 9.17) is 0 Å². The molecule has 0 aliphatic rings. The summed E-state index contributed by atoms with van der Waals surface area (Å²) in [5, 5.41) is 7.32. The van der Waals surface area contributed by atoms with E-state index in [1.54, 1.807) is 10.7 Å². The van der Waals surface area contributed by atoms with Crippen molar-refractivity contribution in [3.8, 4) is 22.4 Å². The van der Waals surface area contributed by atoms with E-state index in [9.17, 15) is 13.2 Å². The number of hydrogen-bond acceptors (Lipinski definition) is 1. The van der Waals surface area contributed by atoms with E-state index in [2.05, 4.69) is 36.3 Å². The molecule has 0 N–H and O–H groups in total. The zero-order chi connectivity index (χ0) is 25.6. The maximum atomic E-state index is 13.8. The van der Waals surface area contributed by atoms with Crippen LogP contribution in [0.1, 0.15) is 16.7 Å². The van der Waals surface area contributed by atoms with Crippen molar-refractivity contribution >= 4 is 21.7 Å². The Morgan fingerprint density at radius 3 is 2.05 bits per heavy atom. The summed E-state index contributed by atoms with van der Waals surface area (Å²) < 4.78 is 43.2. The molecule has 1 aromatic heterocycles. The summed E-state index contributed by atoms with van der Waals surface area (Å²) in [5.41, 5.74) is 5.06. The highest BCUT2D eigenvalue weighted by atomic mass is 19.4. The molecule has 0 aliphatic carbocycles. The van der Waals surface area contributed by atoms with Crippen LogP contribution in [0.2, 0.25) is 0 Å². The third kappa shape index (κ3) is 4.27. The normalized spacial score (nSPS) is 11.9. The first-order chi connectivity index (χ1) is 17.9. The molecule has 0 spiro atoms. The molecule has 0 bridgehead atoms. The second-order valence-electron chi connectivity index (χ2n) is 9.28. The highest BCUT2D eigenvalue weighted by Gasteiger charge is 2.34. The van der Waals surface area contributed by atoms with Crippen LogP contribution in [0.4, 0.5) is 13.2 Å². The number of hydrogen-bond donors (Lipinski definition) is 0. The lowest BCUT2D eigenvalue weighted by atomic mass is 9.95. The summed E-state index contributed by atoms with van der Waals surface area (Å²) in [6, 6.07) is 34.6. The summed E-state index contributed by atoms with van der Waals surface area (Å²) in [6.45, 7) is 2.46. The molecule has 0 unspecified atom stereocenters. The zero-order valence-corrected chi connectivity index (χ0v) is 20.1. The van der Waals surface area contributed by atoms with Gasteiger partial charge in [0.05, 0.1) is 17.8 Å². The largest absolute Gasteiger partial charge is 0.418 e. The topological polar surface area (TPSA) is 17.8 Å². The quantitative estimate of drug-likeness (QED) is 0.240. The van der Waals surface area contributed by atoms with Crippen LogP contribution in [0, 0.1) is 6.92 Å². The van der Waals surface area contributed by atoms with Gasteiger partial charge in [0.25, 0.3) is 0 Å². The van der Waals surface area contributed by atoms with Crippen LogP contribution >= 0.6 is 0 Å². The van der Waals surface area contributed by atoms with Gasteiger partial charge in [-0.15, -0.1) is 0 Å². The van der Waals surface area contributed by atoms with Gasteiger partial charge < -0.3 is 0 Å². The molecule has 182 valence electrons. The first-order valence-electron chi connectivity index (χ1n) is 12.1.